The zero-order valence-corrected chi connectivity index (χ0v) is 15.5. The van der Waals surface area contributed by atoms with Gasteiger partial charge in [0.2, 0.25) is 0 Å². The summed E-state index contributed by atoms with van der Waals surface area (Å²) in [6.45, 7) is 4.16. The molecule has 0 spiro atoms. The maximum Gasteiger partial charge on any atom is 0.255 e. The van der Waals surface area contributed by atoms with Crippen LogP contribution < -0.4 is 10.2 Å². The van der Waals surface area contributed by atoms with Crippen molar-refractivity contribution < 1.29 is 13.9 Å². The predicted octanol–water partition coefficient (Wildman–Crippen LogP) is 2.63. The van der Waals surface area contributed by atoms with E-state index in [1.54, 1.807) is 31.6 Å². The molecule has 1 aromatic carbocycles. The summed E-state index contributed by atoms with van der Waals surface area (Å²) < 4.78 is 18.1. The number of pyridine rings is 1. The first-order valence-electron chi connectivity index (χ1n) is 9.15. The molecule has 0 atom stereocenters. The number of hydrogen-bond donors (Lipinski definition) is 1. The SMILES string of the molecule is COCCCNc1cncc(C(=O)N2CCN(c3ccc(F)cc3)CC2)c1. The molecule has 7 heteroatoms. The van der Waals surface area contributed by atoms with E-state index >= 15 is 0 Å². The number of aromatic nitrogens is 1. The molecule has 0 radical (unpaired) electrons. The van der Waals surface area contributed by atoms with Gasteiger partial charge in [0.1, 0.15) is 5.82 Å². The summed E-state index contributed by atoms with van der Waals surface area (Å²) in [5.74, 6) is -0.252. The molecule has 2 heterocycles. The summed E-state index contributed by atoms with van der Waals surface area (Å²) in [5.41, 5.74) is 2.40. The highest BCUT2D eigenvalue weighted by molar-refractivity contribution is 5.95. The maximum absolute atomic E-state index is 13.1. The van der Waals surface area contributed by atoms with Crippen molar-refractivity contribution in [2.75, 3.05) is 56.7 Å². The number of carbonyl (C=O) groups is 1. The van der Waals surface area contributed by atoms with Gasteiger partial charge in [0, 0.05) is 64.5 Å². The molecule has 2 aromatic rings. The van der Waals surface area contributed by atoms with E-state index in [1.807, 2.05) is 11.0 Å². The lowest BCUT2D eigenvalue weighted by atomic mass is 10.2. The van der Waals surface area contributed by atoms with E-state index in [2.05, 4.69) is 15.2 Å². The lowest BCUT2D eigenvalue weighted by Gasteiger charge is -2.36. The molecule has 1 N–H and O–H groups in total. The van der Waals surface area contributed by atoms with Crippen molar-refractivity contribution in [3.05, 3.63) is 54.1 Å². The summed E-state index contributed by atoms with van der Waals surface area (Å²) in [5, 5.41) is 3.26. The molecule has 1 fully saturated rings. The van der Waals surface area contributed by atoms with Crippen LogP contribution in [0.1, 0.15) is 16.8 Å². The Bertz CT molecular complexity index is 746. The number of ether oxygens (including phenoxy) is 1. The van der Waals surface area contributed by atoms with Gasteiger partial charge < -0.3 is 19.9 Å². The Morgan fingerprint density at radius 3 is 2.63 bits per heavy atom. The van der Waals surface area contributed by atoms with Gasteiger partial charge in [-0.3, -0.25) is 9.78 Å². The zero-order chi connectivity index (χ0) is 19.1. The van der Waals surface area contributed by atoms with Crippen LogP contribution in [0.2, 0.25) is 0 Å². The molecule has 3 rings (SSSR count). The maximum atomic E-state index is 13.1. The van der Waals surface area contributed by atoms with Gasteiger partial charge in [-0.05, 0) is 36.8 Å². The smallest absolute Gasteiger partial charge is 0.255 e. The molecule has 27 heavy (non-hydrogen) atoms. The van der Waals surface area contributed by atoms with Crippen molar-refractivity contribution in [3.8, 4) is 0 Å². The van der Waals surface area contributed by atoms with Gasteiger partial charge >= 0.3 is 0 Å². The van der Waals surface area contributed by atoms with E-state index in [-0.39, 0.29) is 11.7 Å². The predicted molar refractivity (Wildman–Crippen MR) is 104 cm³/mol. The molecule has 0 saturated carbocycles. The number of benzene rings is 1. The highest BCUT2D eigenvalue weighted by Crippen LogP contribution is 2.18. The van der Waals surface area contributed by atoms with Crippen LogP contribution in [0.3, 0.4) is 0 Å². The van der Waals surface area contributed by atoms with Crippen molar-refractivity contribution in [2.24, 2.45) is 0 Å². The third-order valence-electron chi connectivity index (χ3n) is 4.60. The van der Waals surface area contributed by atoms with Crippen LogP contribution in [-0.2, 0) is 4.74 Å². The number of halogens is 1. The highest BCUT2D eigenvalue weighted by Gasteiger charge is 2.22. The second-order valence-corrected chi connectivity index (χ2v) is 6.49. The van der Waals surface area contributed by atoms with Gasteiger partial charge in [-0.15, -0.1) is 0 Å². The van der Waals surface area contributed by atoms with Crippen molar-refractivity contribution in [1.29, 1.82) is 0 Å². The molecule has 144 valence electrons. The highest BCUT2D eigenvalue weighted by atomic mass is 19.1. The molecule has 1 aliphatic rings. The molecule has 1 aliphatic heterocycles. The first kappa shape index (κ1) is 19.1. The number of nitrogens with one attached hydrogen (secondary N) is 1. The first-order valence-corrected chi connectivity index (χ1v) is 9.15. The number of methoxy groups -OCH3 is 1. The molecule has 1 saturated heterocycles. The third-order valence-corrected chi connectivity index (χ3v) is 4.60. The van der Waals surface area contributed by atoms with E-state index < -0.39 is 0 Å². The molecule has 0 bridgehead atoms. The minimum Gasteiger partial charge on any atom is -0.385 e. The standard InChI is InChI=1S/C20H25FN4O2/c1-27-12-2-7-23-18-13-16(14-22-15-18)20(26)25-10-8-24(9-11-25)19-5-3-17(21)4-6-19/h3-6,13-15,23H,2,7-12H2,1H3. The Morgan fingerprint density at radius 2 is 1.93 bits per heavy atom. The van der Waals surface area contributed by atoms with Gasteiger partial charge in [-0.2, -0.15) is 0 Å². The third kappa shape index (κ3) is 5.17. The van der Waals surface area contributed by atoms with Crippen LogP contribution >= 0.6 is 0 Å². The fourth-order valence-corrected chi connectivity index (χ4v) is 3.11. The first-order chi connectivity index (χ1) is 13.2. The Labute approximate surface area is 158 Å². The van der Waals surface area contributed by atoms with Gasteiger partial charge in [0.05, 0.1) is 11.3 Å². The van der Waals surface area contributed by atoms with Crippen LogP contribution in [0.4, 0.5) is 15.8 Å². The fraction of sp³-hybridized carbons (Fsp3) is 0.400. The number of hydrogen-bond acceptors (Lipinski definition) is 5. The summed E-state index contributed by atoms with van der Waals surface area (Å²) in [6, 6.07) is 8.31. The van der Waals surface area contributed by atoms with Gasteiger partial charge in [0.15, 0.2) is 0 Å². The summed E-state index contributed by atoms with van der Waals surface area (Å²) in [4.78, 5) is 21.0. The van der Waals surface area contributed by atoms with Gasteiger partial charge in [-0.25, -0.2) is 4.39 Å². The van der Waals surface area contributed by atoms with E-state index in [0.29, 0.717) is 25.3 Å². The summed E-state index contributed by atoms with van der Waals surface area (Å²) in [6.07, 6.45) is 4.21. The minimum absolute atomic E-state index is 0.0122. The largest absolute Gasteiger partial charge is 0.385 e. The van der Waals surface area contributed by atoms with E-state index in [0.717, 1.165) is 37.4 Å². The molecule has 1 aromatic heterocycles. The normalized spacial score (nSPS) is 14.3. The van der Waals surface area contributed by atoms with E-state index in [9.17, 15) is 9.18 Å². The molecule has 0 unspecified atom stereocenters. The van der Waals surface area contributed by atoms with Gasteiger partial charge in [0.25, 0.3) is 5.91 Å². The second kappa shape index (κ2) is 9.32. The summed E-state index contributed by atoms with van der Waals surface area (Å²) in [7, 11) is 1.68. The number of rotatable bonds is 7. The molecule has 6 nitrogen and oxygen atoms in total. The fourth-order valence-electron chi connectivity index (χ4n) is 3.11. The average molecular weight is 372 g/mol. The Balaban J connectivity index is 1.55. The summed E-state index contributed by atoms with van der Waals surface area (Å²) >= 11 is 0. The molecular formula is C20H25FN4O2. The molecule has 0 aliphatic carbocycles. The zero-order valence-electron chi connectivity index (χ0n) is 15.5. The van der Waals surface area contributed by atoms with E-state index in [4.69, 9.17) is 4.74 Å². The lowest BCUT2D eigenvalue weighted by molar-refractivity contribution is 0.0746. The minimum atomic E-state index is -0.240. The number of nitrogens with zero attached hydrogens (tertiary/aromatic N) is 3. The van der Waals surface area contributed by atoms with Crippen molar-refractivity contribution in [2.45, 2.75) is 6.42 Å². The van der Waals surface area contributed by atoms with Crippen LogP contribution in [0.15, 0.2) is 42.7 Å². The van der Waals surface area contributed by atoms with Crippen molar-refractivity contribution >= 4 is 17.3 Å². The Morgan fingerprint density at radius 1 is 1.19 bits per heavy atom. The molecule has 1 amide bonds. The average Bonchev–Trinajstić information content (AvgIpc) is 2.72. The van der Waals surface area contributed by atoms with Crippen LogP contribution in [-0.4, -0.2) is 62.2 Å². The second-order valence-electron chi connectivity index (χ2n) is 6.49. The number of anilines is 2. The van der Waals surface area contributed by atoms with Crippen molar-refractivity contribution in [1.82, 2.24) is 9.88 Å². The van der Waals surface area contributed by atoms with Crippen LogP contribution in [0.25, 0.3) is 0 Å². The number of carbonyl (C=O) groups excluding carboxylic acids is 1. The van der Waals surface area contributed by atoms with E-state index in [1.165, 1.54) is 12.1 Å². The molecular weight excluding hydrogens is 347 g/mol. The Kier molecular flexibility index (Phi) is 6.59. The Hall–Kier alpha value is -2.67. The van der Waals surface area contributed by atoms with Crippen LogP contribution in [0, 0.1) is 5.82 Å². The lowest BCUT2D eigenvalue weighted by Crippen LogP contribution is -2.48. The topological polar surface area (TPSA) is 57.7 Å². The monoisotopic (exact) mass is 372 g/mol. The van der Waals surface area contributed by atoms with Gasteiger partial charge in [-0.1, -0.05) is 0 Å². The number of piperazine rings is 1. The van der Waals surface area contributed by atoms with Crippen LogP contribution in [0.5, 0.6) is 0 Å². The number of amides is 1. The quantitative estimate of drug-likeness (QED) is 0.757. The van der Waals surface area contributed by atoms with Crippen molar-refractivity contribution in [3.63, 3.8) is 0 Å².